The fraction of sp³-hybridized carbons (Fsp3) is 0.407. The van der Waals surface area contributed by atoms with Crippen molar-refractivity contribution in [3.05, 3.63) is 76.2 Å². The normalized spacial score (nSPS) is 11.8. The summed E-state index contributed by atoms with van der Waals surface area (Å²) in [4.78, 5) is 42.1. The number of amides is 1. The molecule has 3 aromatic rings. The quantitative estimate of drug-likeness (QED) is 0.404. The van der Waals surface area contributed by atoms with Crippen LogP contribution in [-0.2, 0) is 27.3 Å². The van der Waals surface area contributed by atoms with E-state index in [0.29, 0.717) is 12.2 Å². The van der Waals surface area contributed by atoms with Crippen molar-refractivity contribution in [3.63, 3.8) is 0 Å². The number of esters is 1. The third-order valence-corrected chi connectivity index (χ3v) is 5.70. The lowest BCUT2D eigenvalue weighted by molar-refractivity contribution is -0.148. The van der Waals surface area contributed by atoms with Gasteiger partial charge in [0.2, 0.25) is 0 Å². The molecule has 0 spiro atoms. The topological polar surface area (TPSA) is 90.3 Å². The molecule has 0 aliphatic rings. The standard InChI is InChI=1S/C27H33N3O4/c1-3-5-18-30-24-15-10-9-14-22(24)28-23(27(30)33)16-17-26(32)34-19-25(31)29-21(11-4-2)20-12-7-6-8-13-20/h6-10,12-15,21H,3-5,11,16-19H2,1-2H3,(H,29,31). The summed E-state index contributed by atoms with van der Waals surface area (Å²) in [5.41, 5.74) is 2.70. The molecule has 0 radical (unpaired) electrons. The SMILES string of the molecule is CCCCn1c(=O)c(CCC(=O)OCC(=O)NC(CCC)c2ccccc2)nc2ccccc21. The number of carbonyl (C=O) groups excluding carboxylic acids is 2. The molecular weight excluding hydrogens is 430 g/mol. The minimum atomic E-state index is -0.531. The molecule has 180 valence electrons. The number of para-hydroxylation sites is 2. The molecule has 2 aromatic carbocycles. The maximum absolute atomic E-state index is 13.0. The molecule has 0 saturated heterocycles. The Kier molecular flexibility index (Phi) is 9.38. The number of hydrogen-bond acceptors (Lipinski definition) is 5. The number of benzene rings is 2. The van der Waals surface area contributed by atoms with Crippen molar-refractivity contribution in [1.82, 2.24) is 14.9 Å². The first-order chi connectivity index (χ1) is 16.5. The lowest BCUT2D eigenvalue weighted by atomic mass is 10.0. The van der Waals surface area contributed by atoms with Gasteiger partial charge in [-0.05, 0) is 30.5 Å². The third kappa shape index (κ3) is 6.76. The van der Waals surface area contributed by atoms with Crippen LogP contribution in [0.25, 0.3) is 11.0 Å². The minimum absolute atomic E-state index is 0.0152. The Labute approximate surface area is 200 Å². The van der Waals surface area contributed by atoms with Crippen LogP contribution in [0.4, 0.5) is 0 Å². The van der Waals surface area contributed by atoms with Gasteiger partial charge in [0.15, 0.2) is 6.61 Å². The molecule has 1 amide bonds. The van der Waals surface area contributed by atoms with Gasteiger partial charge in [0, 0.05) is 13.0 Å². The summed E-state index contributed by atoms with van der Waals surface area (Å²) in [7, 11) is 0. The van der Waals surface area contributed by atoms with Crippen molar-refractivity contribution in [2.24, 2.45) is 0 Å². The van der Waals surface area contributed by atoms with Crippen molar-refractivity contribution >= 4 is 22.9 Å². The summed E-state index contributed by atoms with van der Waals surface area (Å²) in [5.74, 6) is -0.877. The van der Waals surface area contributed by atoms with E-state index in [4.69, 9.17) is 4.74 Å². The maximum Gasteiger partial charge on any atom is 0.306 e. The lowest BCUT2D eigenvalue weighted by Crippen LogP contribution is -2.32. The fourth-order valence-electron chi connectivity index (χ4n) is 3.92. The summed E-state index contributed by atoms with van der Waals surface area (Å²) in [6.45, 7) is 4.39. The van der Waals surface area contributed by atoms with Crippen LogP contribution in [0.3, 0.4) is 0 Å². The number of aryl methyl sites for hydroxylation is 2. The fourth-order valence-corrected chi connectivity index (χ4v) is 3.92. The predicted molar refractivity (Wildman–Crippen MR) is 132 cm³/mol. The van der Waals surface area contributed by atoms with Crippen LogP contribution in [0.15, 0.2) is 59.4 Å². The highest BCUT2D eigenvalue weighted by Gasteiger charge is 2.16. The first-order valence-electron chi connectivity index (χ1n) is 12.0. The van der Waals surface area contributed by atoms with E-state index in [1.165, 1.54) is 0 Å². The summed E-state index contributed by atoms with van der Waals surface area (Å²) in [5, 5.41) is 2.94. The van der Waals surface area contributed by atoms with Crippen molar-refractivity contribution in [1.29, 1.82) is 0 Å². The van der Waals surface area contributed by atoms with E-state index < -0.39 is 5.97 Å². The van der Waals surface area contributed by atoms with Crippen LogP contribution >= 0.6 is 0 Å². The van der Waals surface area contributed by atoms with Gasteiger partial charge in [0.1, 0.15) is 5.69 Å². The van der Waals surface area contributed by atoms with Crippen LogP contribution in [0.2, 0.25) is 0 Å². The largest absolute Gasteiger partial charge is 0.456 e. The maximum atomic E-state index is 13.0. The van der Waals surface area contributed by atoms with Crippen LogP contribution in [0.1, 0.15) is 63.3 Å². The van der Waals surface area contributed by atoms with E-state index >= 15 is 0 Å². The Morgan fingerprint density at radius 1 is 1.03 bits per heavy atom. The number of hydrogen-bond donors (Lipinski definition) is 1. The van der Waals surface area contributed by atoms with E-state index in [-0.39, 0.29) is 37.0 Å². The zero-order chi connectivity index (χ0) is 24.3. The highest BCUT2D eigenvalue weighted by atomic mass is 16.5. The van der Waals surface area contributed by atoms with Crippen molar-refractivity contribution in [2.75, 3.05) is 6.61 Å². The molecule has 1 aromatic heterocycles. The van der Waals surface area contributed by atoms with Gasteiger partial charge in [-0.25, -0.2) is 4.98 Å². The first-order valence-corrected chi connectivity index (χ1v) is 12.0. The Bertz CT molecular complexity index is 1160. The Morgan fingerprint density at radius 3 is 2.50 bits per heavy atom. The van der Waals surface area contributed by atoms with Gasteiger partial charge in [-0.1, -0.05) is 69.2 Å². The highest BCUT2D eigenvalue weighted by molar-refractivity contribution is 5.81. The minimum Gasteiger partial charge on any atom is -0.456 e. The second-order valence-corrected chi connectivity index (χ2v) is 8.34. The van der Waals surface area contributed by atoms with E-state index in [1.807, 2.05) is 54.6 Å². The molecule has 0 aliphatic heterocycles. The van der Waals surface area contributed by atoms with E-state index in [0.717, 1.165) is 42.3 Å². The molecule has 1 atom stereocenters. The number of fused-ring (bicyclic) bond motifs is 1. The molecule has 0 bridgehead atoms. The van der Waals surface area contributed by atoms with Crippen LogP contribution in [-0.4, -0.2) is 28.0 Å². The van der Waals surface area contributed by atoms with Crippen LogP contribution in [0, 0.1) is 0 Å². The number of aromatic nitrogens is 2. The molecule has 1 N–H and O–H groups in total. The molecule has 0 saturated carbocycles. The van der Waals surface area contributed by atoms with Gasteiger partial charge < -0.3 is 14.6 Å². The number of carbonyl (C=O) groups is 2. The van der Waals surface area contributed by atoms with E-state index in [1.54, 1.807) is 4.57 Å². The van der Waals surface area contributed by atoms with Crippen molar-refractivity contribution < 1.29 is 14.3 Å². The van der Waals surface area contributed by atoms with Gasteiger partial charge in [0.25, 0.3) is 11.5 Å². The molecule has 7 nitrogen and oxygen atoms in total. The second-order valence-electron chi connectivity index (χ2n) is 8.34. The molecule has 0 fully saturated rings. The number of nitrogens with one attached hydrogen (secondary N) is 1. The molecule has 34 heavy (non-hydrogen) atoms. The average molecular weight is 464 g/mol. The predicted octanol–water partition coefficient (Wildman–Crippen LogP) is 4.33. The van der Waals surface area contributed by atoms with Gasteiger partial charge in [0.05, 0.1) is 23.5 Å². The molecular formula is C27H33N3O4. The lowest BCUT2D eigenvalue weighted by Gasteiger charge is -2.18. The number of unbranched alkanes of at least 4 members (excludes halogenated alkanes) is 1. The molecule has 1 unspecified atom stereocenters. The van der Waals surface area contributed by atoms with Gasteiger partial charge >= 0.3 is 5.97 Å². The van der Waals surface area contributed by atoms with Crippen LogP contribution < -0.4 is 10.9 Å². The van der Waals surface area contributed by atoms with Gasteiger partial charge in [-0.2, -0.15) is 0 Å². The third-order valence-electron chi connectivity index (χ3n) is 5.70. The Morgan fingerprint density at radius 2 is 1.76 bits per heavy atom. The molecule has 0 aliphatic carbocycles. The molecule has 7 heteroatoms. The summed E-state index contributed by atoms with van der Waals surface area (Å²) in [6, 6.07) is 17.1. The Balaban J connectivity index is 1.58. The highest BCUT2D eigenvalue weighted by Crippen LogP contribution is 2.18. The smallest absolute Gasteiger partial charge is 0.306 e. The summed E-state index contributed by atoms with van der Waals surface area (Å²) in [6.07, 6.45) is 3.70. The van der Waals surface area contributed by atoms with Crippen molar-refractivity contribution in [2.45, 2.75) is 65.0 Å². The summed E-state index contributed by atoms with van der Waals surface area (Å²) < 4.78 is 6.91. The van der Waals surface area contributed by atoms with Gasteiger partial charge in [-0.3, -0.25) is 14.4 Å². The van der Waals surface area contributed by atoms with E-state index in [9.17, 15) is 14.4 Å². The monoisotopic (exact) mass is 463 g/mol. The molecule has 1 heterocycles. The van der Waals surface area contributed by atoms with E-state index in [2.05, 4.69) is 24.1 Å². The molecule has 3 rings (SSSR count). The zero-order valence-electron chi connectivity index (χ0n) is 20.0. The van der Waals surface area contributed by atoms with Gasteiger partial charge in [-0.15, -0.1) is 0 Å². The average Bonchev–Trinajstić information content (AvgIpc) is 2.86. The number of nitrogens with zero attached hydrogens (tertiary/aromatic N) is 2. The first kappa shape index (κ1) is 25.1. The zero-order valence-corrected chi connectivity index (χ0v) is 20.0. The van der Waals surface area contributed by atoms with Crippen LogP contribution in [0.5, 0.6) is 0 Å². The second kappa shape index (κ2) is 12.7. The summed E-state index contributed by atoms with van der Waals surface area (Å²) >= 11 is 0. The van der Waals surface area contributed by atoms with Crippen molar-refractivity contribution in [3.8, 4) is 0 Å². The number of ether oxygens (including phenoxy) is 1. The Hall–Kier alpha value is -3.48. The number of rotatable bonds is 12.